The van der Waals surface area contributed by atoms with Crippen molar-refractivity contribution in [2.45, 2.75) is 0 Å². The minimum absolute atomic E-state index is 0.635. The Morgan fingerprint density at radius 2 is 0.735 bits per heavy atom. The first-order valence-electron chi connectivity index (χ1n) is 16.4. The molecule has 0 atom stereocenters. The highest BCUT2D eigenvalue weighted by Gasteiger charge is 2.16. The van der Waals surface area contributed by atoms with Gasteiger partial charge >= 0.3 is 0 Å². The van der Waals surface area contributed by atoms with Gasteiger partial charge in [-0.3, -0.25) is 0 Å². The lowest BCUT2D eigenvalue weighted by atomic mass is 9.98. The Hall–Kier alpha value is -6.65. The normalized spacial score (nSPS) is 11.3. The van der Waals surface area contributed by atoms with E-state index in [1.54, 1.807) is 0 Å². The van der Waals surface area contributed by atoms with Gasteiger partial charge in [0.1, 0.15) is 11.2 Å². The van der Waals surface area contributed by atoms with Gasteiger partial charge < -0.3 is 4.42 Å². The van der Waals surface area contributed by atoms with Gasteiger partial charge in [0.15, 0.2) is 17.5 Å². The molecule has 0 aliphatic carbocycles. The van der Waals surface area contributed by atoms with Crippen LogP contribution < -0.4 is 0 Å². The summed E-state index contributed by atoms with van der Waals surface area (Å²) in [7, 11) is 0. The maximum atomic E-state index is 6.03. The number of fused-ring (bicyclic) bond motifs is 3. The SMILES string of the molecule is c1ccc(-c2nc(-c3ccc(-c4ccc(-c5ccc6oc7ccccc7c6c5)cc4)cc3)nc(-c3ccccc3-c3ccccc3)n2)cc1. The van der Waals surface area contributed by atoms with Crippen LogP contribution in [0.1, 0.15) is 0 Å². The average Bonchev–Trinajstić information content (AvgIpc) is 3.57. The second-order valence-corrected chi connectivity index (χ2v) is 12.0. The summed E-state index contributed by atoms with van der Waals surface area (Å²) in [5, 5.41) is 2.27. The van der Waals surface area contributed by atoms with Gasteiger partial charge in [0.2, 0.25) is 0 Å². The van der Waals surface area contributed by atoms with E-state index in [0.717, 1.165) is 72.0 Å². The van der Waals surface area contributed by atoms with E-state index in [-0.39, 0.29) is 0 Å². The van der Waals surface area contributed by atoms with Gasteiger partial charge in [-0.15, -0.1) is 0 Å². The summed E-state index contributed by atoms with van der Waals surface area (Å²) in [5.74, 6) is 1.92. The highest BCUT2D eigenvalue weighted by molar-refractivity contribution is 6.06. The Morgan fingerprint density at radius 1 is 0.286 bits per heavy atom. The molecule has 49 heavy (non-hydrogen) atoms. The van der Waals surface area contributed by atoms with Gasteiger partial charge in [0, 0.05) is 27.5 Å². The molecular formula is C45H29N3O. The lowest BCUT2D eigenvalue weighted by molar-refractivity contribution is 0.669. The zero-order chi connectivity index (χ0) is 32.6. The Labute approximate surface area is 284 Å². The fourth-order valence-corrected chi connectivity index (χ4v) is 6.46. The van der Waals surface area contributed by atoms with Crippen LogP contribution in [0.3, 0.4) is 0 Å². The molecule has 0 fully saturated rings. The van der Waals surface area contributed by atoms with Crippen molar-refractivity contribution in [3.05, 3.63) is 176 Å². The number of rotatable bonds is 6. The van der Waals surface area contributed by atoms with Crippen LogP contribution in [-0.2, 0) is 0 Å². The second-order valence-electron chi connectivity index (χ2n) is 12.0. The molecule has 0 radical (unpaired) electrons. The summed E-state index contributed by atoms with van der Waals surface area (Å²) in [4.78, 5) is 15.0. The van der Waals surface area contributed by atoms with E-state index in [2.05, 4.69) is 121 Å². The molecule has 9 aromatic rings. The second kappa shape index (κ2) is 12.2. The van der Waals surface area contributed by atoms with E-state index >= 15 is 0 Å². The van der Waals surface area contributed by atoms with E-state index in [1.165, 1.54) is 0 Å². The fraction of sp³-hybridized carbons (Fsp3) is 0. The topological polar surface area (TPSA) is 51.8 Å². The van der Waals surface area contributed by atoms with Crippen molar-refractivity contribution in [2.24, 2.45) is 0 Å². The summed E-state index contributed by atoms with van der Waals surface area (Å²) in [6.07, 6.45) is 0. The van der Waals surface area contributed by atoms with E-state index in [0.29, 0.717) is 17.5 Å². The zero-order valence-electron chi connectivity index (χ0n) is 26.5. The maximum Gasteiger partial charge on any atom is 0.164 e. The quantitative estimate of drug-likeness (QED) is 0.184. The van der Waals surface area contributed by atoms with Crippen LogP contribution in [0.4, 0.5) is 0 Å². The van der Waals surface area contributed by atoms with Crippen LogP contribution in [0.15, 0.2) is 180 Å². The average molecular weight is 628 g/mol. The van der Waals surface area contributed by atoms with Crippen molar-refractivity contribution < 1.29 is 4.42 Å². The summed E-state index contributed by atoms with van der Waals surface area (Å²) in [6.45, 7) is 0. The number of para-hydroxylation sites is 1. The standard InChI is InChI=1S/C45H29N3O/c1-3-11-33(12-4-1)37-15-7-8-17-39(37)45-47-43(34-13-5-2-6-14-34)46-44(48-45)35-25-23-31(24-26-35)30-19-21-32(22-20-30)36-27-28-42-40(29-36)38-16-9-10-18-41(38)49-42/h1-29H. The summed E-state index contributed by atoms with van der Waals surface area (Å²) in [6, 6.07) is 60.5. The molecule has 4 nitrogen and oxygen atoms in total. The van der Waals surface area contributed by atoms with E-state index in [4.69, 9.17) is 19.4 Å². The fourth-order valence-electron chi connectivity index (χ4n) is 6.46. The van der Waals surface area contributed by atoms with E-state index in [1.807, 2.05) is 54.6 Å². The number of nitrogens with zero attached hydrogens (tertiary/aromatic N) is 3. The molecule has 0 saturated heterocycles. The van der Waals surface area contributed by atoms with Gasteiger partial charge in [0.05, 0.1) is 0 Å². The molecule has 7 aromatic carbocycles. The predicted octanol–water partition coefficient (Wildman–Crippen LogP) is 11.8. The number of hydrogen-bond donors (Lipinski definition) is 0. The van der Waals surface area contributed by atoms with Crippen molar-refractivity contribution in [1.29, 1.82) is 0 Å². The number of furan rings is 1. The summed E-state index contributed by atoms with van der Waals surface area (Å²) < 4.78 is 6.03. The molecule has 9 rings (SSSR count). The van der Waals surface area contributed by atoms with Gasteiger partial charge in [-0.2, -0.15) is 0 Å². The summed E-state index contributed by atoms with van der Waals surface area (Å²) >= 11 is 0. The molecule has 2 aromatic heterocycles. The molecule has 230 valence electrons. The van der Waals surface area contributed by atoms with Gasteiger partial charge in [0.25, 0.3) is 0 Å². The largest absolute Gasteiger partial charge is 0.456 e. The molecule has 0 spiro atoms. The monoisotopic (exact) mass is 627 g/mol. The molecule has 0 saturated carbocycles. The maximum absolute atomic E-state index is 6.03. The van der Waals surface area contributed by atoms with Gasteiger partial charge in [-0.25, -0.2) is 15.0 Å². The van der Waals surface area contributed by atoms with E-state index < -0.39 is 0 Å². The molecule has 0 bridgehead atoms. The highest BCUT2D eigenvalue weighted by Crippen LogP contribution is 2.35. The Morgan fingerprint density at radius 3 is 1.41 bits per heavy atom. The first-order chi connectivity index (χ1) is 24.3. The third-order valence-corrected chi connectivity index (χ3v) is 8.99. The molecule has 0 amide bonds. The molecule has 0 aliphatic rings. The van der Waals surface area contributed by atoms with Gasteiger partial charge in [-0.05, 0) is 51.6 Å². The first-order valence-corrected chi connectivity index (χ1v) is 16.4. The number of hydrogen-bond acceptors (Lipinski definition) is 4. The molecule has 0 N–H and O–H groups in total. The predicted molar refractivity (Wildman–Crippen MR) is 200 cm³/mol. The molecule has 2 heterocycles. The lowest BCUT2D eigenvalue weighted by Crippen LogP contribution is -2.01. The molecule has 0 unspecified atom stereocenters. The van der Waals surface area contributed by atoms with Crippen LogP contribution in [0.25, 0.3) is 89.5 Å². The molecule has 0 aliphatic heterocycles. The molecular weight excluding hydrogens is 599 g/mol. The van der Waals surface area contributed by atoms with Crippen LogP contribution in [0.2, 0.25) is 0 Å². The highest BCUT2D eigenvalue weighted by atomic mass is 16.3. The lowest BCUT2D eigenvalue weighted by Gasteiger charge is -2.12. The van der Waals surface area contributed by atoms with Crippen molar-refractivity contribution in [3.63, 3.8) is 0 Å². The zero-order valence-corrected chi connectivity index (χ0v) is 26.5. The van der Waals surface area contributed by atoms with Crippen molar-refractivity contribution in [2.75, 3.05) is 0 Å². The Bertz CT molecular complexity index is 2570. The number of benzene rings is 7. The third kappa shape index (κ3) is 5.45. The van der Waals surface area contributed by atoms with Crippen LogP contribution in [0.5, 0.6) is 0 Å². The van der Waals surface area contributed by atoms with Crippen LogP contribution in [0, 0.1) is 0 Å². The minimum atomic E-state index is 0.635. The Kier molecular flexibility index (Phi) is 7.10. The first kappa shape index (κ1) is 28.6. The van der Waals surface area contributed by atoms with Crippen molar-refractivity contribution >= 4 is 21.9 Å². The minimum Gasteiger partial charge on any atom is -0.456 e. The van der Waals surface area contributed by atoms with Gasteiger partial charge in [-0.1, -0.05) is 158 Å². The smallest absolute Gasteiger partial charge is 0.164 e. The summed E-state index contributed by atoms with van der Waals surface area (Å²) in [5.41, 5.74) is 11.4. The van der Waals surface area contributed by atoms with Crippen molar-refractivity contribution in [1.82, 2.24) is 15.0 Å². The van der Waals surface area contributed by atoms with Crippen molar-refractivity contribution in [3.8, 4) is 67.5 Å². The third-order valence-electron chi connectivity index (χ3n) is 8.99. The Balaban J connectivity index is 1.06. The van der Waals surface area contributed by atoms with Crippen LogP contribution >= 0.6 is 0 Å². The van der Waals surface area contributed by atoms with Crippen LogP contribution in [-0.4, -0.2) is 15.0 Å². The molecule has 4 heteroatoms. The number of aromatic nitrogens is 3. The van der Waals surface area contributed by atoms with E-state index in [9.17, 15) is 0 Å².